The molecule has 0 heterocycles. The van der Waals surface area contributed by atoms with Crippen LogP contribution in [0.15, 0.2) is 42.5 Å². The number of carbonyl (C=O) groups is 2. The minimum Gasteiger partial charge on any atom is -0.376 e. The van der Waals surface area contributed by atoms with E-state index >= 15 is 0 Å². The van der Waals surface area contributed by atoms with Gasteiger partial charge < -0.3 is 16.0 Å². The average Bonchev–Trinajstić information content (AvgIpc) is 2.54. The maximum atomic E-state index is 13.5. The quantitative estimate of drug-likeness (QED) is 0.763. The normalized spacial score (nSPS) is 10.1. The third-order valence-electron chi connectivity index (χ3n) is 3.34. The van der Waals surface area contributed by atoms with Crippen LogP contribution < -0.4 is 16.0 Å². The third-order valence-corrected chi connectivity index (χ3v) is 3.34. The Morgan fingerprint density at radius 3 is 2.46 bits per heavy atom. The first-order valence-electron chi connectivity index (χ1n) is 7.57. The van der Waals surface area contributed by atoms with Gasteiger partial charge in [0.05, 0.1) is 12.2 Å². The van der Waals surface area contributed by atoms with Crippen molar-refractivity contribution in [3.8, 4) is 0 Å². The van der Waals surface area contributed by atoms with Gasteiger partial charge in [-0.3, -0.25) is 9.59 Å². The summed E-state index contributed by atoms with van der Waals surface area (Å²) in [4.78, 5) is 22.9. The molecule has 2 aromatic carbocycles. The van der Waals surface area contributed by atoms with Gasteiger partial charge in [-0.25, -0.2) is 4.39 Å². The summed E-state index contributed by atoms with van der Waals surface area (Å²) in [7, 11) is 0. The van der Waals surface area contributed by atoms with E-state index in [-0.39, 0.29) is 24.0 Å². The molecule has 0 aliphatic rings. The molecule has 0 saturated carbocycles. The predicted octanol–water partition coefficient (Wildman–Crippen LogP) is 2.82. The average molecular weight is 329 g/mol. The van der Waals surface area contributed by atoms with Crippen molar-refractivity contribution in [2.24, 2.45) is 0 Å². The van der Waals surface area contributed by atoms with E-state index in [1.165, 1.54) is 25.1 Å². The van der Waals surface area contributed by atoms with Gasteiger partial charge in [0, 0.05) is 19.2 Å². The summed E-state index contributed by atoms with van der Waals surface area (Å²) in [6.07, 6.45) is 0. The molecule has 126 valence electrons. The van der Waals surface area contributed by atoms with Gasteiger partial charge in [-0.05, 0) is 30.7 Å². The van der Waals surface area contributed by atoms with Crippen LogP contribution in [0, 0.1) is 12.7 Å². The second-order valence-corrected chi connectivity index (χ2v) is 5.49. The van der Waals surface area contributed by atoms with E-state index in [0.29, 0.717) is 12.2 Å². The molecule has 0 atom stereocenters. The molecule has 0 aromatic heterocycles. The number of anilines is 2. The van der Waals surface area contributed by atoms with Crippen molar-refractivity contribution in [1.82, 2.24) is 5.32 Å². The van der Waals surface area contributed by atoms with E-state index in [1.807, 2.05) is 31.2 Å². The minimum atomic E-state index is -0.528. The third kappa shape index (κ3) is 5.39. The van der Waals surface area contributed by atoms with Gasteiger partial charge in [0.15, 0.2) is 0 Å². The van der Waals surface area contributed by atoms with Crippen LogP contribution in [-0.2, 0) is 16.1 Å². The Morgan fingerprint density at radius 2 is 1.79 bits per heavy atom. The number of hydrogen-bond donors (Lipinski definition) is 3. The van der Waals surface area contributed by atoms with Gasteiger partial charge in [0.25, 0.3) is 0 Å². The maximum Gasteiger partial charge on any atom is 0.239 e. The zero-order valence-electron chi connectivity index (χ0n) is 13.7. The predicted molar refractivity (Wildman–Crippen MR) is 92.2 cm³/mol. The molecule has 2 aromatic rings. The van der Waals surface area contributed by atoms with Crippen LogP contribution in [0.2, 0.25) is 0 Å². The first-order chi connectivity index (χ1) is 11.4. The smallest absolute Gasteiger partial charge is 0.239 e. The van der Waals surface area contributed by atoms with E-state index in [9.17, 15) is 14.0 Å². The van der Waals surface area contributed by atoms with Gasteiger partial charge in [-0.1, -0.05) is 29.8 Å². The van der Waals surface area contributed by atoms with Gasteiger partial charge in [-0.15, -0.1) is 0 Å². The molecule has 0 aliphatic carbocycles. The fourth-order valence-corrected chi connectivity index (χ4v) is 2.07. The van der Waals surface area contributed by atoms with E-state index in [0.717, 1.165) is 11.1 Å². The monoisotopic (exact) mass is 329 g/mol. The Balaban J connectivity index is 1.85. The largest absolute Gasteiger partial charge is 0.376 e. The first-order valence-corrected chi connectivity index (χ1v) is 7.57. The molecular formula is C18H20FN3O2. The minimum absolute atomic E-state index is 0.0526. The highest BCUT2D eigenvalue weighted by Gasteiger charge is 2.06. The lowest BCUT2D eigenvalue weighted by Gasteiger charge is -2.10. The van der Waals surface area contributed by atoms with Crippen LogP contribution in [0.1, 0.15) is 18.1 Å². The van der Waals surface area contributed by atoms with Crippen molar-refractivity contribution in [3.63, 3.8) is 0 Å². The fraction of sp³-hybridized carbons (Fsp3) is 0.222. The zero-order valence-corrected chi connectivity index (χ0v) is 13.7. The topological polar surface area (TPSA) is 70.2 Å². The second kappa shape index (κ2) is 8.10. The molecule has 2 amide bonds. The summed E-state index contributed by atoms with van der Waals surface area (Å²) in [5.74, 6) is -1.07. The van der Waals surface area contributed by atoms with Gasteiger partial charge >= 0.3 is 0 Å². The molecule has 6 heteroatoms. The summed E-state index contributed by atoms with van der Waals surface area (Å²) in [6, 6.07) is 12.1. The molecule has 0 bridgehead atoms. The van der Waals surface area contributed by atoms with Gasteiger partial charge in [0.1, 0.15) is 5.82 Å². The lowest BCUT2D eigenvalue weighted by Crippen LogP contribution is -2.29. The van der Waals surface area contributed by atoms with Crippen LogP contribution >= 0.6 is 0 Å². The summed E-state index contributed by atoms with van der Waals surface area (Å²) in [6.45, 7) is 3.81. The Kier molecular flexibility index (Phi) is 5.89. The zero-order chi connectivity index (χ0) is 17.5. The number of carbonyl (C=O) groups excluding carboxylic acids is 2. The van der Waals surface area contributed by atoms with Crippen LogP contribution in [0.5, 0.6) is 0 Å². The van der Waals surface area contributed by atoms with Crippen LogP contribution in [0.4, 0.5) is 15.8 Å². The Morgan fingerprint density at radius 1 is 1.08 bits per heavy atom. The van der Waals surface area contributed by atoms with Crippen LogP contribution in [0.3, 0.4) is 0 Å². The van der Waals surface area contributed by atoms with Crippen LogP contribution in [-0.4, -0.2) is 18.4 Å². The number of hydrogen-bond acceptors (Lipinski definition) is 3. The molecule has 24 heavy (non-hydrogen) atoms. The highest BCUT2D eigenvalue weighted by molar-refractivity contribution is 5.89. The number of nitrogens with one attached hydrogen (secondary N) is 3. The van der Waals surface area contributed by atoms with Crippen molar-refractivity contribution in [3.05, 3.63) is 59.4 Å². The number of amides is 2. The van der Waals surface area contributed by atoms with Crippen molar-refractivity contribution < 1.29 is 14.0 Å². The van der Waals surface area contributed by atoms with Crippen molar-refractivity contribution >= 4 is 23.2 Å². The molecule has 3 N–H and O–H groups in total. The molecular weight excluding hydrogens is 309 g/mol. The molecule has 0 saturated heterocycles. The molecule has 0 spiro atoms. The molecule has 0 radical (unpaired) electrons. The van der Waals surface area contributed by atoms with E-state index in [1.54, 1.807) is 0 Å². The van der Waals surface area contributed by atoms with Crippen molar-refractivity contribution in [2.45, 2.75) is 20.4 Å². The summed E-state index contributed by atoms with van der Waals surface area (Å²) in [5, 5.41) is 8.10. The summed E-state index contributed by atoms with van der Waals surface area (Å²) >= 11 is 0. The molecule has 5 nitrogen and oxygen atoms in total. The van der Waals surface area contributed by atoms with E-state index < -0.39 is 5.82 Å². The first kappa shape index (κ1) is 17.5. The number of rotatable bonds is 6. The Hall–Kier alpha value is -2.89. The maximum absolute atomic E-state index is 13.5. The van der Waals surface area contributed by atoms with Gasteiger partial charge in [0.2, 0.25) is 11.8 Å². The molecule has 0 aliphatic heterocycles. The lowest BCUT2D eigenvalue weighted by molar-refractivity contribution is -0.119. The molecule has 0 fully saturated rings. The summed E-state index contributed by atoms with van der Waals surface area (Å²) < 4.78 is 13.5. The van der Waals surface area contributed by atoms with E-state index in [2.05, 4.69) is 16.0 Å². The molecule has 2 rings (SSSR count). The summed E-state index contributed by atoms with van der Waals surface area (Å²) in [5.41, 5.74) is 2.81. The number of halogens is 1. The molecule has 0 unspecified atom stereocenters. The lowest BCUT2D eigenvalue weighted by atomic mass is 10.1. The number of aryl methyl sites for hydroxylation is 1. The van der Waals surface area contributed by atoms with Crippen molar-refractivity contribution in [2.75, 3.05) is 17.2 Å². The van der Waals surface area contributed by atoms with E-state index in [4.69, 9.17) is 0 Å². The number of benzene rings is 2. The highest BCUT2D eigenvalue weighted by Crippen LogP contribution is 2.19. The fourth-order valence-electron chi connectivity index (χ4n) is 2.07. The van der Waals surface area contributed by atoms with Crippen molar-refractivity contribution in [1.29, 1.82) is 0 Å². The highest BCUT2D eigenvalue weighted by atomic mass is 19.1. The second-order valence-electron chi connectivity index (χ2n) is 5.49. The van der Waals surface area contributed by atoms with Crippen LogP contribution in [0.25, 0.3) is 0 Å². The Bertz CT molecular complexity index is 730. The SMILES string of the molecule is CC(=O)Nc1cc(NCC(=O)NCc2ccc(C)cc2)ccc1F. The Labute approximate surface area is 140 Å². The standard InChI is InChI=1S/C18H20FN3O2/c1-12-3-5-14(6-4-12)10-21-18(24)11-20-15-7-8-16(19)17(9-15)22-13(2)23/h3-9,20H,10-11H2,1-2H3,(H,21,24)(H,22,23). The van der Waals surface area contributed by atoms with Gasteiger partial charge in [-0.2, -0.15) is 0 Å².